The van der Waals surface area contributed by atoms with Gasteiger partial charge in [0.15, 0.2) is 0 Å². The number of hydrogen-bond acceptors (Lipinski definition) is 2. The highest BCUT2D eigenvalue weighted by atomic mass is 19.4. The number of rotatable bonds is 2. The van der Waals surface area contributed by atoms with E-state index in [4.69, 9.17) is 0 Å². The van der Waals surface area contributed by atoms with E-state index in [1.165, 1.54) is 0 Å². The van der Waals surface area contributed by atoms with Crippen LogP contribution in [0.15, 0.2) is 18.7 Å². The lowest BCUT2D eigenvalue weighted by atomic mass is 9.77. The SMILES string of the molecule is O=C([C@@H]1CCCC[C@H]1C(F)(F)F)N1CCC[C@@H](n2ccnc2)C1. The molecule has 0 radical (unpaired) electrons. The van der Waals surface area contributed by atoms with Crippen molar-refractivity contribution in [3.63, 3.8) is 0 Å². The Kier molecular flexibility index (Phi) is 4.64. The summed E-state index contributed by atoms with van der Waals surface area (Å²) >= 11 is 0. The predicted octanol–water partition coefficient (Wildman–Crippen LogP) is 3.42. The molecule has 1 aromatic heterocycles. The molecule has 2 aliphatic rings. The highest BCUT2D eigenvalue weighted by molar-refractivity contribution is 5.79. The minimum Gasteiger partial charge on any atom is -0.340 e. The molecule has 1 amide bonds. The number of amides is 1. The molecule has 3 atom stereocenters. The Morgan fingerprint density at radius 1 is 1.13 bits per heavy atom. The zero-order chi connectivity index (χ0) is 16.4. The van der Waals surface area contributed by atoms with E-state index in [0.717, 1.165) is 12.8 Å². The fourth-order valence-electron chi connectivity index (χ4n) is 3.94. The second-order valence-corrected chi connectivity index (χ2v) is 6.63. The van der Waals surface area contributed by atoms with Crippen molar-refractivity contribution in [3.8, 4) is 0 Å². The molecule has 4 nitrogen and oxygen atoms in total. The topological polar surface area (TPSA) is 38.1 Å². The second-order valence-electron chi connectivity index (χ2n) is 6.63. The largest absolute Gasteiger partial charge is 0.392 e. The Morgan fingerprint density at radius 2 is 1.91 bits per heavy atom. The molecule has 1 saturated heterocycles. The van der Waals surface area contributed by atoms with E-state index in [2.05, 4.69) is 4.98 Å². The van der Waals surface area contributed by atoms with Gasteiger partial charge in [-0.25, -0.2) is 4.98 Å². The van der Waals surface area contributed by atoms with Gasteiger partial charge in [0.05, 0.1) is 18.3 Å². The lowest BCUT2D eigenvalue weighted by Gasteiger charge is -2.39. The number of imidazole rings is 1. The van der Waals surface area contributed by atoms with Crippen molar-refractivity contribution in [2.45, 2.75) is 50.7 Å². The number of likely N-dealkylation sites (tertiary alicyclic amines) is 1. The minimum absolute atomic E-state index is 0.0820. The molecule has 2 heterocycles. The van der Waals surface area contributed by atoms with Gasteiger partial charge in [-0.2, -0.15) is 13.2 Å². The van der Waals surface area contributed by atoms with Crippen LogP contribution in [-0.4, -0.2) is 39.6 Å². The quantitative estimate of drug-likeness (QED) is 0.834. The van der Waals surface area contributed by atoms with Crippen LogP contribution in [0, 0.1) is 11.8 Å². The first kappa shape index (κ1) is 16.3. The van der Waals surface area contributed by atoms with Gasteiger partial charge in [0.1, 0.15) is 0 Å². The average molecular weight is 329 g/mol. The molecule has 0 spiro atoms. The molecule has 23 heavy (non-hydrogen) atoms. The Bertz CT molecular complexity index is 529. The lowest BCUT2D eigenvalue weighted by Crippen LogP contribution is -2.48. The predicted molar refractivity (Wildman–Crippen MR) is 78.6 cm³/mol. The average Bonchev–Trinajstić information content (AvgIpc) is 3.08. The van der Waals surface area contributed by atoms with Crippen LogP contribution in [0.25, 0.3) is 0 Å². The molecular formula is C16H22F3N3O. The van der Waals surface area contributed by atoms with Crippen molar-refractivity contribution in [3.05, 3.63) is 18.7 Å². The Balaban J connectivity index is 1.71. The van der Waals surface area contributed by atoms with Gasteiger partial charge in [0, 0.05) is 31.4 Å². The second kappa shape index (κ2) is 6.53. The third kappa shape index (κ3) is 3.53. The number of piperidine rings is 1. The fraction of sp³-hybridized carbons (Fsp3) is 0.750. The number of hydrogen-bond donors (Lipinski definition) is 0. The summed E-state index contributed by atoms with van der Waals surface area (Å²) in [6.07, 6.45) is 4.41. The van der Waals surface area contributed by atoms with Gasteiger partial charge < -0.3 is 9.47 Å². The maximum absolute atomic E-state index is 13.2. The summed E-state index contributed by atoms with van der Waals surface area (Å²) in [5.74, 6) is -2.68. The third-order valence-corrected chi connectivity index (χ3v) is 5.16. The summed E-state index contributed by atoms with van der Waals surface area (Å²) in [7, 11) is 0. The Morgan fingerprint density at radius 3 is 2.61 bits per heavy atom. The highest BCUT2D eigenvalue weighted by Crippen LogP contribution is 2.42. The first-order chi connectivity index (χ1) is 11.0. The molecular weight excluding hydrogens is 307 g/mol. The van der Waals surface area contributed by atoms with E-state index in [1.807, 2.05) is 10.8 Å². The van der Waals surface area contributed by atoms with Crippen LogP contribution in [0.5, 0.6) is 0 Å². The fourth-order valence-corrected chi connectivity index (χ4v) is 3.94. The molecule has 7 heteroatoms. The molecule has 128 valence electrons. The van der Waals surface area contributed by atoms with Gasteiger partial charge in [-0.05, 0) is 25.7 Å². The van der Waals surface area contributed by atoms with Crippen LogP contribution in [-0.2, 0) is 4.79 Å². The van der Waals surface area contributed by atoms with E-state index in [0.29, 0.717) is 32.4 Å². The minimum atomic E-state index is -4.28. The van der Waals surface area contributed by atoms with E-state index in [9.17, 15) is 18.0 Å². The molecule has 0 bridgehead atoms. The number of nitrogens with zero attached hydrogens (tertiary/aromatic N) is 3. The number of aromatic nitrogens is 2. The molecule has 1 aliphatic carbocycles. The number of halogens is 3. The van der Waals surface area contributed by atoms with Crippen molar-refractivity contribution in [2.75, 3.05) is 13.1 Å². The molecule has 1 aliphatic heterocycles. The molecule has 2 fully saturated rings. The number of alkyl halides is 3. The van der Waals surface area contributed by atoms with Gasteiger partial charge in [-0.15, -0.1) is 0 Å². The van der Waals surface area contributed by atoms with Gasteiger partial charge in [-0.1, -0.05) is 12.8 Å². The normalized spacial score (nSPS) is 29.5. The van der Waals surface area contributed by atoms with E-state index in [-0.39, 0.29) is 18.4 Å². The maximum Gasteiger partial charge on any atom is 0.392 e. The van der Waals surface area contributed by atoms with Gasteiger partial charge in [-0.3, -0.25) is 4.79 Å². The zero-order valence-electron chi connectivity index (χ0n) is 13.0. The Hall–Kier alpha value is -1.53. The number of carbonyl (C=O) groups excluding carboxylic acids is 1. The Labute approximate surface area is 133 Å². The van der Waals surface area contributed by atoms with E-state index in [1.54, 1.807) is 17.4 Å². The molecule has 1 aromatic rings. The van der Waals surface area contributed by atoms with Crippen molar-refractivity contribution in [1.29, 1.82) is 0 Å². The smallest absolute Gasteiger partial charge is 0.340 e. The molecule has 0 unspecified atom stereocenters. The summed E-state index contributed by atoms with van der Waals surface area (Å²) in [6.45, 7) is 1.04. The monoisotopic (exact) mass is 329 g/mol. The highest BCUT2D eigenvalue weighted by Gasteiger charge is 2.49. The molecule has 1 saturated carbocycles. The molecule has 0 aromatic carbocycles. The third-order valence-electron chi connectivity index (χ3n) is 5.16. The summed E-state index contributed by atoms with van der Waals surface area (Å²) in [5, 5.41) is 0. The summed E-state index contributed by atoms with van der Waals surface area (Å²) in [6, 6.07) is 0.114. The zero-order valence-corrected chi connectivity index (χ0v) is 13.0. The number of carbonyl (C=O) groups is 1. The van der Waals surface area contributed by atoms with Crippen LogP contribution in [0.4, 0.5) is 13.2 Å². The maximum atomic E-state index is 13.2. The van der Waals surface area contributed by atoms with Crippen molar-refractivity contribution in [1.82, 2.24) is 14.5 Å². The first-order valence-electron chi connectivity index (χ1n) is 8.30. The van der Waals surface area contributed by atoms with Crippen LogP contribution in [0.1, 0.15) is 44.6 Å². The van der Waals surface area contributed by atoms with E-state index < -0.39 is 18.0 Å². The summed E-state index contributed by atoms with van der Waals surface area (Å²) < 4.78 is 41.7. The standard InChI is InChI=1S/C16H22F3N3O/c17-16(18,19)14-6-2-1-5-13(14)15(23)21-8-3-4-12(10-21)22-9-7-20-11-22/h7,9,11-14H,1-6,8,10H2/t12-,13-,14-/m1/s1. The van der Waals surface area contributed by atoms with Gasteiger partial charge >= 0.3 is 6.18 Å². The van der Waals surface area contributed by atoms with Crippen LogP contribution < -0.4 is 0 Å². The van der Waals surface area contributed by atoms with Gasteiger partial charge in [0.25, 0.3) is 0 Å². The molecule has 3 rings (SSSR count). The summed E-state index contributed by atoms with van der Waals surface area (Å²) in [5.41, 5.74) is 0. The molecule has 0 N–H and O–H groups in total. The lowest BCUT2D eigenvalue weighted by molar-refractivity contribution is -0.201. The summed E-state index contributed by atoms with van der Waals surface area (Å²) in [4.78, 5) is 18.4. The first-order valence-corrected chi connectivity index (χ1v) is 8.30. The van der Waals surface area contributed by atoms with Crippen LogP contribution in [0.3, 0.4) is 0 Å². The van der Waals surface area contributed by atoms with Crippen molar-refractivity contribution < 1.29 is 18.0 Å². The van der Waals surface area contributed by atoms with Crippen molar-refractivity contribution in [2.24, 2.45) is 11.8 Å². The van der Waals surface area contributed by atoms with Crippen LogP contribution >= 0.6 is 0 Å². The van der Waals surface area contributed by atoms with Crippen LogP contribution in [0.2, 0.25) is 0 Å². The van der Waals surface area contributed by atoms with Crippen molar-refractivity contribution >= 4 is 5.91 Å². The van der Waals surface area contributed by atoms with Gasteiger partial charge in [0.2, 0.25) is 5.91 Å². The van der Waals surface area contributed by atoms with E-state index >= 15 is 0 Å².